The number of nitrogens with zero attached hydrogens (tertiary/aromatic N) is 1. The van der Waals surface area contributed by atoms with Gasteiger partial charge in [0, 0.05) is 19.3 Å². The lowest BCUT2D eigenvalue weighted by atomic mass is 9.72. The minimum Gasteiger partial charge on any atom is -0.391 e. The van der Waals surface area contributed by atoms with Crippen LogP contribution in [0.3, 0.4) is 0 Å². The zero-order valence-electron chi connectivity index (χ0n) is 11.9. The maximum atomic E-state index is 10.5. The molecule has 1 aliphatic rings. The second-order valence-electron chi connectivity index (χ2n) is 5.83. The molecule has 1 atom stereocenters. The first kappa shape index (κ1) is 14.9. The molecule has 3 nitrogen and oxygen atoms in total. The van der Waals surface area contributed by atoms with Crippen LogP contribution in [0.2, 0.25) is 0 Å². The Kier molecular flexibility index (Phi) is 5.90. The third-order valence-corrected chi connectivity index (χ3v) is 4.48. The highest BCUT2D eigenvalue weighted by atomic mass is 16.5. The molecule has 17 heavy (non-hydrogen) atoms. The van der Waals surface area contributed by atoms with E-state index in [2.05, 4.69) is 25.9 Å². The summed E-state index contributed by atoms with van der Waals surface area (Å²) in [6, 6.07) is 0. The largest absolute Gasteiger partial charge is 0.391 e. The third kappa shape index (κ3) is 3.67. The second-order valence-corrected chi connectivity index (χ2v) is 5.83. The van der Waals surface area contributed by atoms with Crippen molar-refractivity contribution in [2.45, 2.75) is 57.1 Å². The number of hydrogen-bond donors (Lipinski definition) is 1. The average Bonchev–Trinajstić information content (AvgIpc) is 2.30. The van der Waals surface area contributed by atoms with Gasteiger partial charge < -0.3 is 14.7 Å². The van der Waals surface area contributed by atoms with Crippen LogP contribution in [0.25, 0.3) is 0 Å². The van der Waals surface area contributed by atoms with Gasteiger partial charge in [-0.1, -0.05) is 6.92 Å². The fourth-order valence-corrected chi connectivity index (χ4v) is 3.03. The van der Waals surface area contributed by atoms with Crippen LogP contribution in [0.1, 0.15) is 45.4 Å². The van der Waals surface area contributed by atoms with E-state index in [1.807, 2.05) is 0 Å². The first-order valence-corrected chi connectivity index (χ1v) is 6.87. The summed E-state index contributed by atoms with van der Waals surface area (Å²) in [7, 11) is 5.93. The predicted molar refractivity (Wildman–Crippen MR) is 71.2 cm³/mol. The van der Waals surface area contributed by atoms with E-state index in [9.17, 15) is 5.11 Å². The molecular formula is C14H29NO2. The molecule has 1 aliphatic carbocycles. The number of aliphatic hydroxyl groups is 1. The van der Waals surface area contributed by atoms with Crippen molar-refractivity contribution in [2.24, 2.45) is 5.92 Å². The van der Waals surface area contributed by atoms with Crippen molar-refractivity contribution in [2.75, 3.05) is 27.8 Å². The van der Waals surface area contributed by atoms with Gasteiger partial charge in [-0.05, 0) is 58.5 Å². The molecule has 0 aromatic heterocycles. The molecule has 0 saturated heterocycles. The minimum atomic E-state index is -0.222. The van der Waals surface area contributed by atoms with Gasteiger partial charge in [-0.3, -0.25) is 0 Å². The Morgan fingerprint density at radius 3 is 2.41 bits per heavy atom. The highest BCUT2D eigenvalue weighted by Gasteiger charge is 2.41. The fourth-order valence-electron chi connectivity index (χ4n) is 3.03. The molecule has 0 aromatic carbocycles. The summed E-state index contributed by atoms with van der Waals surface area (Å²) < 4.78 is 5.07. The molecule has 102 valence electrons. The number of aliphatic hydroxyl groups excluding tert-OH is 1. The Balaban J connectivity index is 2.58. The predicted octanol–water partition coefficient (Wildman–Crippen LogP) is 2.28. The van der Waals surface area contributed by atoms with E-state index in [1.54, 1.807) is 7.11 Å². The summed E-state index contributed by atoms with van der Waals surface area (Å²) in [4.78, 5) is 2.25. The van der Waals surface area contributed by atoms with Gasteiger partial charge in [-0.15, -0.1) is 0 Å². The van der Waals surface area contributed by atoms with Crippen molar-refractivity contribution in [1.82, 2.24) is 4.90 Å². The molecule has 0 aromatic rings. The number of methoxy groups -OCH3 is 1. The molecular weight excluding hydrogens is 214 g/mol. The number of rotatable bonds is 6. The number of hydrogen-bond acceptors (Lipinski definition) is 3. The summed E-state index contributed by atoms with van der Waals surface area (Å²) in [6.45, 7) is 3.06. The lowest BCUT2D eigenvalue weighted by Crippen LogP contribution is -2.55. The summed E-state index contributed by atoms with van der Waals surface area (Å²) >= 11 is 0. The van der Waals surface area contributed by atoms with Gasteiger partial charge in [0.25, 0.3) is 0 Å². The van der Waals surface area contributed by atoms with Crippen LogP contribution in [0.5, 0.6) is 0 Å². The lowest BCUT2D eigenvalue weighted by molar-refractivity contribution is -0.0452. The second kappa shape index (κ2) is 6.72. The summed E-state index contributed by atoms with van der Waals surface area (Å²) in [6.07, 6.45) is 6.28. The quantitative estimate of drug-likeness (QED) is 0.727. The number of likely N-dealkylation sites (N-methyl/N-ethyl adjacent to an activating group) is 1. The van der Waals surface area contributed by atoms with Gasteiger partial charge in [0.2, 0.25) is 0 Å². The van der Waals surface area contributed by atoms with Crippen LogP contribution in [0.4, 0.5) is 0 Å². The Bertz CT molecular complexity index is 210. The number of ether oxygens (including phenoxy) is 1. The van der Waals surface area contributed by atoms with Crippen LogP contribution < -0.4 is 0 Å². The molecule has 1 unspecified atom stereocenters. The molecule has 1 saturated carbocycles. The molecule has 3 heteroatoms. The fraction of sp³-hybridized carbons (Fsp3) is 1.00. The van der Waals surface area contributed by atoms with Crippen LogP contribution in [0.15, 0.2) is 0 Å². The van der Waals surface area contributed by atoms with Gasteiger partial charge in [-0.25, -0.2) is 0 Å². The smallest absolute Gasteiger partial charge is 0.0724 e. The van der Waals surface area contributed by atoms with E-state index in [4.69, 9.17) is 4.74 Å². The summed E-state index contributed by atoms with van der Waals surface area (Å²) in [5.74, 6) is 0.814. The van der Waals surface area contributed by atoms with Gasteiger partial charge in [0.15, 0.2) is 0 Å². The van der Waals surface area contributed by atoms with E-state index in [0.29, 0.717) is 0 Å². The van der Waals surface area contributed by atoms with Gasteiger partial charge in [0.05, 0.1) is 6.10 Å². The zero-order valence-corrected chi connectivity index (χ0v) is 11.9. The Hall–Kier alpha value is -0.120. The van der Waals surface area contributed by atoms with Crippen molar-refractivity contribution in [3.05, 3.63) is 0 Å². The van der Waals surface area contributed by atoms with E-state index < -0.39 is 0 Å². The summed E-state index contributed by atoms with van der Waals surface area (Å²) in [5.41, 5.74) is 0.000249. The van der Waals surface area contributed by atoms with Crippen LogP contribution in [-0.2, 0) is 4.74 Å². The minimum absolute atomic E-state index is 0.000249. The third-order valence-electron chi connectivity index (χ3n) is 4.48. The highest BCUT2D eigenvalue weighted by Crippen LogP contribution is 2.38. The highest BCUT2D eigenvalue weighted by molar-refractivity contribution is 4.97. The standard InChI is InChI=1S/C14H29NO2/c1-12-7-9-14(10-8-12,15(2)3)13(16)6-5-11-17-4/h12-13,16H,5-11H2,1-4H3. The first-order chi connectivity index (χ1) is 8.03. The van der Waals surface area contributed by atoms with E-state index >= 15 is 0 Å². The molecule has 1 fully saturated rings. The Labute approximate surface area is 106 Å². The van der Waals surface area contributed by atoms with Gasteiger partial charge in [-0.2, -0.15) is 0 Å². The molecule has 0 heterocycles. The normalized spacial score (nSPS) is 31.8. The summed E-state index contributed by atoms with van der Waals surface area (Å²) in [5, 5.41) is 10.5. The van der Waals surface area contributed by atoms with E-state index in [0.717, 1.165) is 38.2 Å². The molecule has 0 bridgehead atoms. The van der Waals surface area contributed by atoms with Crippen molar-refractivity contribution in [1.29, 1.82) is 0 Å². The zero-order chi connectivity index (χ0) is 12.9. The maximum Gasteiger partial charge on any atom is 0.0724 e. The first-order valence-electron chi connectivity index (χ1n) is 6.87. The van der Waals surface area contributed by atoms with Crippen molar-refractivity contribution < 1.29 is 9.84 Å². The Morgan fingerprint density at radius 2 is 1.94 bits per heavy atom. The maximum absolute atomic E-state index is 10.5. The molecule has 0 radical (unpaired) electrons. The van der Waals surface area contributed by atoms with Gasteiger partial charge in [0.1, 0.15) is 0 Å². The van der Waals surface area contributed by atoms with Crippen molar-refractivity contribution in [3.63, 3.8) is 0 Å². The van der Waals surface area contributed by atoms with E-state index in [-0.39, 0.29) is 11.6 Å². The molecule has 0 amide bonds. The molecule has 1 N–H and O–H groups in total. The Morgan fingerprint density at radius 1 is 1.35 bits per heavy atom. The van der Waals surface area contributed by atoms with E-state index in [1.165, 1.54) is 12.8 Å². The van der Waals surface area contributed by atoms with Crippen molar-refractivity contribution >= 4 is 0 Å². The van der Waals surface area contributed by atoms with Crippen LogP contribution in [-0.4, -0.2) is 49.5 Å². The van der Waals surface area contributed by atoms with Crippen LogP contribution >= 0.6 is 0 Å². The molecule has 0 spiro atoms. The monoisotopic (exact) mass is 243 g/mol. The van der Waals surface area contributed by atoms with Crippen molar-refractivity contribution in [3.8, 4) is 0 Å². The average molecular weight is 243 g/mol. The molecule has 0 aliphatic heterocycles. The van der Waals surface area contributed by atoms with Crippen LogP contribution in [0, 0.1) is 5.92 Å². The lowest BCUT2D eigenvalue weighted by Gasteiger charge is -2.47. The SMILES string of the molecule is COCCCC(O)C1(N(C)C)CCC(C)CC1. The topological polar surface area (TPSA) is 32.7 Å². The van der Waals surface area contributed by atoms with Gasteiger partial charge >= 0.3 is 0 Å². The molecule has 1 rings (SSSR count).